The van der Waals surface area contributed by atoms with Crippen molar-refractivity contribution in [3.63, 3.8) is 0 Å². The van der Waals surface area contributed by atoms with Crippen LogP contribution >= 0.6 is 0 Å². The molecule has 9 heteroatoms. The summed E-state index contributed by atoms with van der Waals surface area (Å²) in [5.41, 5.74) is 0.891. The summed E-state index contributed by atoms with van der Waals surface area (Å²) in [5.74, 6) is 0.466. The van der Waals surface area contributed by atoms with Gasteiger partial charge in [-0.2, -0.15) is 0 Å². The third kappa shape index (κ3) is 5.68. The molecule has 1 unspecified atom stereocenters. The number of hydrogen-bond donors (Lipinski definition) is 2. The lowest BCUT2D eigenvalue weighted by Crippen LogP contribution is -2.49. The van der Waals surface area contributed by atoms with Gasteiger partial charge in [-0.3, -0.25) is 14.4 Å². The van der Waals surface area contributed by atoms with Crippen LogP contribution in [0.15, 0.2) is 6.20 Å². The number of carbonyl (C=O) groups is 2. The van der Waals surface area contributed by atoms with E-state index in [9.17, 15) is 9.59 Å². The molecule has 1 aromatic rings. The molecule has 4 rings (SSSR count). The van der Waals surface area contributed by atoms with Gasteiger partial charge < -0.3 is 15.5 Å². The summed E-state index contributed by atoms with van der Waals surface area (Å²) < 4.78 is 1.90. The van der Waals surface area contributed by atoms with E-state index in [1.165, 1.54) is 19.3 Å². The maximum atomic E-state index is 12.7. The fraction of sp³-hybridized carbons (Fsp3) is 0.800. The largest absolute Gasteiger partial charge is 0.354 e. The number of carbonyl (C=O) groups excluding carboxylic acids is 2. The predicted molar refractivity (Wildman–Crippen MR) is 108 cm³/mol. The van der Waals surface area contributed by atoms with Gasteiger partial charge in [0.25, 0.3) is 0 Å². The molecule has 3 heterocycles. The van der Waals surface area contributed by atoms with E-state index in [1.807, 2.05) is 15.8 Å². The van der Waals surface area contributed by atoms with Crippen LogP contribution in [0.3, 0.4) is 0 Å². The number of aromatic nitrogens is 3. The number of piperazine rings is 1. The molecule has 29 heavy (non-hydrogen) atoms. The van der Waals surface area contributed by atoms with E-state index < -0.39 is 0 Å². The Labute approximate surface area is 172 Å². The smallest absolute Gasteiger partial charge is 0.317 e. The highest BCUT2D eigenvalue weighted by Gasteiger charge is 2.26. The fourth-order valence-corrected chi connectivity index (χ4v) is 4.73. The summed E-state index contributed by atoms with van der Waals surface area (Å²) in [4.78, 5) is 28.2. The first-order valence-corrected chi connectivity index (χ1v) is 11.1. The maximum absolute atomic E-state index is 12.7. The molecule has 2 saturated heterocycles. The van der Waals surface area contributed by atoms with Crippen LogP contribution in [0.25, 0.3) is 0 Å². The number of rotatable bonds is 5. The van der Waals surface area contributed by atoms with E-state index in [0.717, 1.165) is 57.6 Å². The highest BCUT2D eigenvalue weighted by Crippen LogP contribution is 2.21. The Hall–Kier alpha value is -2.16. The van der Waals surface area contributed by atoms with Crippen molar-refractivity contribution >= 4 is 11.9 Å². The van der Waals surface area contributed by atoms with Gasteiger partial charge in [-0.05, 0) is 31.6 Å². The van der Waals surface area contributed by atoms with Crippen LogP contribution < -0.4 is 10.6 Å². The molecular weight excluding hydrogens is 370 g/mol. The van der Waals surface area contributed by atoms with Crippen molar-refractivity contribution in [2.75, 3.05) is 32.7 Å². The Morgan fingerprint density at radius 1 is 1.17 bits per heavy atom. The van der Waals surface area contributed by atoms with E-state index in [4.69, 9.17) is 0 Å². The molecule has 1 atom stereocenters. The molecule has 3 fully saturated rings. The molecule has 1 saturated carbocycles. The molecule has 2 N–H and O–H groups in total. The molecule has 0 bridgehead atoms. The minimum Gasteiger partial charge on any atom is -0.354 e. The average molecular weight is 404 g/mol. The fourth-order valence-electron chi connectivity index (χ4n) is 4.73. The standard InChI is InChI=1S/C20H33N7O2/c28-19-15-25(10-8-21-19)13-18-14-27(24-23-18)12-16-5-4-9-26(11-16)20(29)22-17-6-2-1-3-7-17/h14,16-17H,1-13,15H2,(H,21,28)(H,22,29). The van der Waals surface area contributed by atoms with Crippen LogP contribution in [0.4, 0.5) is 4.79 Å². The second-order valence-corrected chi connectivity index (χ2v) is 8.73. The molecule has 3 aliphatic rings. The quantitative estimate of drug-likeness (QED) is 0.764. The van der Waals surface area contributed by atoms with E-state index in [0.29, 0.717) is 31.6 Å². The van der Waals surface area contributed by atoms with Gasteiger partial charge in [-0.15, -0.1) is 5.10 Å². The number of nitrogens with one attached hydrogen (secondary N) is 2. The van der Waals surface area contributed by atoms with Gasteiger partial charge >= 0.3 is 6.03 Å². The van der Waals surface area contributed by atoms with Crippen molar-refractivity contribution in [3.8, 4) is 0 Å². The van der Waals surface area contributed by atoms with Crippen molar-refractivity contribution in [3.05, 3.63) is 11.9 Å². The summed E-state index contributed by atoms with van der Waals surface area (Å²) >= 11 is 0. The predicted octanol–water partition coefficient (Wildman–Crippen LogP) is 0.964. The van der Waals surface area contributed by atoms with Crippen LogP contribution in [-0.4, -0.2) is 75.5 Å². The van der Waals surface area contributed by atoms with E-state index in [1.54, 1.807) is 0 Å². The minimum absolute atomic E-state index is 0.0671. The molecule has 0 radical (unpaired) electrons. The number of hydrogen-bond acceptors (Lipinski definition) is 5. The molecular formula is C20H33N7O2. The molecule has 2 aliphatic heterocycles. The van der Waals surface area contributed by atoms with Crippen molar-refractivity contribution in [1.29, 1.82) is 0 Å². The Morgan fingerprint density at radius 2 is 2.03 bits per heavy atom. The zero-order valence-corrected chi connectivity index (χ0v) is 17.2. The second-order valence-electron chi connectivity index (χ2n) is 8.73. The first kappa shape index (κ1) is 20.1. The molecule has 160 valence electrons. The third-order valence-corrected chi connectivity index (χ3v) is 6.27. The number of piperidine rings is 1. The van der Waals surface area contributed by atoms with Gasteiger partial charge in [0.1, 0.15) is 0 Å². The van der Waals surface area contributed by atoms with Gasteiger partial charge in [0.05, 0.1) is 12.2 Å². The molecule has 0 aromatic carbocycles. The van der Waals surface area contributed by atoms with Crippen molar-refractivity contribution in [2.45, 2.75) is 64.1 Å². The molecule has 9 nitrogen and oxygen atoms in total. The van der Waals surface area contributed by atoms with E-state index in [2.05, 4.69) is 25.8 Å². The van der Waals surface area contributed by atoms with Crippen LogP contribution in [-0.2, 0) is 17.9 Å². The number of likely N-dealkylation sites (tertiary alicyclic amines) is 1. The number of urea groups is 1. The summed E-state index contributed by atoms with van der Waals surface area (Å²) in [5, 5.41) is 14.6. The van der Waals surface area contributed by atoms with Crippen LogP contribution in [0, 0.1) is 5.92 Å². The SMILES string of the molecule is O=C1CN(Cc2cn(CC3CCCN(C(=O)NC4CCCCC4)C3)nn2)CCN1. The normalized spacial score (nSPS) is 24.3. The van der Waals surface area contributed by atoms with Gasteiger partial charge in [-0.25, -0.2) is 4.79 Å². The molecule has 0 spiro atoms. The van der Waals surface area contributed by atoms with Crippen LogP contribution in [0.5, 0.6) is 0 Å². The Kier molecular flexibility index (Phi) is 6.63. The molecule has 1 aromatic heterocycles. The van der Waals surface area contributed by atoms with Gasteiger partial charge in [0.15, 0.2) is 0 Å². The highest BCUT2D eigenvalue weighted by atomic mass is 16.2. The first-order chi connectivity index (χ1) is 14.2. The van der Waals surface area contributed by atoms with E-state index >= 15 is 0 Å². The third-order valence-electron chi connectivity index (χ3n) is 6.27. The highest BCUT2D eigenvalue weighted by molar-refractivity contribution is 5.78. The lowest BCUT2D eigenvalue weighted by atomic mass is 9.95. The lowest BCUT2D eigenvalue weighted by Gasteiger charge is -2.34. The summed E-state index contributed by atoms with van der Waals surface area (Å²) in [6, 6.07) is 0.454. The van der Waals surface area contributed by atoms with Crippen molar-refractivity contribution in [1.82, 2.24) is 35.4 Å². The average Bonchev–Trinajstić information content (AvgIpc) is 3.15. The minimum atomic E-state index is 0.0671. The number of amides is 3. The van der Waals surface area contributed by atoms with E-state index in [-0.39, 0.29) is 11.9 Å². The Morgan fingerprint density at radius 3 is 2.86 bits per heavy atom. The molecule has 3 amide bonds. The van der Waals surface area contributed by atoms with Gasteiger partial charge in [-0.1, -0.05) is 24.5 Å². The second kappa shape index (κ2) is 9.56. The van der Waals surface area contributed by atoms with Crippen molar-refractivity contribution in [2.24, 2.45) is 5.92 Å². The topological polar surface area (TPSA) is 95.4 Å². The van der Waals surface area contributed by atoms with Gasteiger partial charge in [0.2, 0.25) is 5.91 Å². The Balaban J connectivity index is 1.25. The monoisotopic (exact) mass is 403 g/mol. The van der Waals surface area contributed by atoms with Crippen molar-refractivity contribution < 1.29 is 9.59 Å². The van der Waals surface area contributed by atoms with Crippen LogP contribution in [0.2, 0.25) is 0 Å². The lowest BCUT2D eigenvalue weighted by molar-refractivity contribution is -0.124. The Bertz CT molecular complexity index is 701. The zero-order chi connectivity index (χ0) is 20.1. The summed E-state index contributed by atoms with van der Waals surface area (Å²) in [7, 11) is 0. The zero-order valence-electron chi connectivity index (χ0n) is 17.2. The number of nitrogens with zero attached hydrogens (tertiary/aromatic N) is 5. The molecule has 1 aliphatic carbocycles. The van der Waals surface area contributed by atoms with Crippen LogP contribution in [0.1, 0.15) is 50.6 Å². The van der Waals surface area contributed by atoms with Gasteiger partial charge in [0, 0.05) is 51.5 Å². The summed E-state index contributed by atoms with van der Waals surface area (Å²) in [6.07, 6.45) is 10.1. The maximum Gasteiger partial charge on any atom is 0.317 e. The summed E-state index contributed by atoms with van der Waals surface area (Å²) in [6.45, 7) is 4.99. The first-order valence-electron chi connectivity index (χ1n) is 11.1.